The minimum absolute atomic E-state index is 0.304. The van der Waals surface area contributed by atoms with Crippen LogP contribution in [0.4, 0.5) is 0 Å². The van der Waals surface area contributed by atoms with Gasteiger partial charge in [-0.05, 0) is 18.1 Å². The molecule has 19 heavy (non-hydrogen) atoms. The molecule has 0 N–H and O–H groups in total. The van der Waals surface area contributed by atoms with E-state index in [2.05, 4.69) is 6.92 Å². The number of methoxy groups -OCH3 is 1. The first-order valence-electron chi connectivity index (χ1n) is 7.03. The van der Waals surface area contributed by atoms with Crippen molar-refractivity contribution in [2.75, 3.05) is 13.7 Å². The van der Waals surface area contributed by atoms with Gasteiger partial charge in [-0.2, -0.15) is 0 Å². The summed E-state index contributed by atoms with van der Waals surface area (Å²) in [6.45, 7) is 3.43. The highest BCUT2D eigenvalue weighted by molar-refractivity contribution is 5.90. The molecule has 0 bridgehead atoms. The van der Waals surface area contributed by atoms with E-state index in [9.17, 15) is 4.79 Å². The molecule has 1 aromatic carbocycles. The molecule has 1 rings (SSSR count). The number of benzene rings is 1. The van der Waals surface area contributed by atoms with Gasteiger partial charge in [0.25, 0.3) is 0 Å². The third-order valence-electron chi connectivity index (χ3n) is 3.07. The van der Waals surface area contributed by atoms with Gasteiger partial charge in [0.1, 0.15) is 0 Å². The fourth-order valence-corrected chi connectivity index (χ4v) is 1.95. The molecule has 3 nitrogen and oxygen atoms in total. The Labute approximate surface area is 115 Å². The zero-order valence-corrected chi connectivity index (χ0v) is 12.0. The Balaban J connectivity index is 2.31. The van der Waals surface area contributed by atoms with Crippen LogP contribution in [0.25, 0.3) is 0 Å². The highest BCUT2D eigenvalue weighted by atomic mass is 16.5. The third-order valence-corrected chi connectivity index (χ3v) is 3.07. The number of unbranched alkanes of at least 4 members (excludes halogenated alkanes) is 4. The lowest BCUT2D eigenvalue weighted by molar-refractivity contribution is 0.0591. The lowest BCUT2D eigenvalue weighted by Crippen LogP contribution is -2.07. The molecule has 0 unspecified atom stereocenters. The minimum atomic E-state index is -0.304. The molecule has 0 radical (unpaired) electrons. The summed E-state index contributed by atoms with van der Waals surface area (Å²) in [5.74, 6) is -0.304. The van der Waals surface area contributed by atoms with Gasteiger partial charge in [0.15, 0.2) is 0 Å². The largest absolute Gasteiger partial charge is 0.465 e. The summed E-state index contributed by atoms with van der Waals surface area (Å²) in [6, 6.07) is 7.42. The smallest absolute Gasteiger partial charge is 0.338 e. The van der Waals surface area contributed by atoms with Crippen molar-refractivity contribution in [1.82, 2.24) is 0 Å². The standard InChI is InChI=1S/C16H24O3/c1-3-4-5-6-9-12-19-13-14-10-7-8-11-15(14)16(17)18-2/h7-8,10-11H,3-6,9,12-13H2,1-2H3. The summed E-state index contributed by atoms with van der Waals surface area (Å²) in [7, 11) is 1.40. The molecule has 0 atom stereocenters. The van der Waals surface area contributed by atoms with Crippen molar-refractivity contribution in [3.8, 4) is 0 Å². The SMILES string of the molecule is CCCCCCCOCc1ccccc1C(=O)OC. The Kier molecular flexibility index (Phi) is 7.91. The van der Waals surface area contributed by atoms with Crippen LogP contribution in [-0.2, 0) is 16.1 Å². The number of hydrogen-bond donors (Lipinski definition) is 0. The van der Waals surface area contributed by atoms with E-state index in [1.54, 1.807) is 6.07 Å². The molecule has 1 aromatic rings. The topological polar surface area (TPSA) is 35.5 Å². The predicted octanol–water partition coefficient (Wildman–Crippen LogP) is 3.96. The molecule has 0 aliphatic carbocycles. The first-order valence-corrected chi connectivity index (χ1v) is 7.03. The first-order chi connectivity index (χ1) is 9.29. The van der Waals surface area contributed by atoms with Crippen molar-refractivity contribution in [3.05, 3.63) is 35.4 Å². The van der Waals surface area contributed by atoms with E-state index in [-0.39, 0.29) is 5.97 Å². The fourth-order valence-electron chi connectivity index (χ4n) is 1.95. The zero-order chi connectivity index (χ0) is 13.9. The zero-order valence-electron chi connectivity index (χ0n) is 12.0. The van der Waals surface area contributed by atoms with Crippen LogP contribution in [0.3, 0.4) is 0 Å². The molecule has 106 valence electrons. The molecular weight excluding hydrogens is 240 g/mol. The predicted molar refractivity (Wildman–Crippen MR) is 76.2 cm³/mol. The molecule has 0 spiro atoms. The lowest BCUT2D eigenvalue weighted by atomic mass is 10.1. The quantitative estimate of drug-likeness (QED) is 0.500. The van der Waals surface area contributed by atoms with E-state index in [0.29, 0.717) is 12.2 Å². The fraction of sp³-hybridized carbons (Fsp3) is 0.562. The number of carbonyl (C=O) groups excluding carboxylic acids is 1. The van der Waals surface area contributed by atoms with Gasteiger partial charge in [-0.15, -0.1) is 0 Å². The van der Waals surface area contributed by atoms with Crippen molar-refractivity contribution in [1.29, 1.82) is 0 Å². The van der Waals surface area contributed by atoms with Crippen molar-refractivity contribution in [3.63, 3.8) is 0 Å². The third kappa shape index (κ3) is 5.88. The maximum Gasteiger partial charge on any atom is 0.338 e. The first kappa shape index (κ1) is 15.7. The van der Waals surface area contributed by atoms with E-state index in [1.165, 1.54) is 32.8 Å². The van der Waals surface area contributed by atoms with Gasteiger partial charge in [0.05, 0.1) is 19.3 Å². The molecule has 0 fully saturated rings. The number of rotatable bonds is 9. The second-order valence-electron chi connectivity index (χ2n) is 4.62. The van der Waals surface area contributed by atoms with Gasteiger partial charge in [0, 0.05) is 6.61 Å². The normalized spacial score (nSPS) is 10.4. The second kappa shape index (κ2) is 9.56. The molecule has 0 saturated carbocycles. The molecule has 0 aromatic heterocycles. The average molecular weight is 264 g/mol. The molecule has 0 aliphatic heterocycles. The number of ether oxygens (including phenoxy) is 2. The van der Waals surface area contributed by atoms with Crippen LogP contribution in [0.2, 0.25) is 0 Å². The Morgan fingerprint density at radius 1 is 1.11 bits per heavy atom. The van der Waals surface area contributed by atoms with Crippen molar-refractivity contribution in [2.24, 2.45) is 0 Å². The summed E-state index contributed by atoms with van der Waals surface area (Å²) < 4.78 is 10.4. The van der Waals surface area contributed by atoms with Crippen LogP contribution in [0, 0.1) is 0 Å². The van der Waals surface area contributed by atoms with Crippen LogP contribution >= 0.6 is 0 Å². The number of esters is 1. The Hall–Kier alpha value is -1.35. The molecule has 0 heterocycles. The van der Waals surface area contributed by atoms with Gasteiger partial charge >= 0.3 is 5.97 Å². The van der Waals surface area contributed by atoms with Crippen LogP contribution in [0.1, 0.15) is 54.9 Å². The molecule has 0 aliphatic rings. The summed E-state index contributed by atoms with van der Waals surface area (Å²) in [5.41, 5.74) is 1.49. The maximum atomic E-state index is 11.6. The van der Waals surface area contributed by atoms with Crippen LogP contribution in [0.15, 0.2) is 24.3 Å². The van der Waals surface area contributed by atoms with E-state index >= 15 is 0 Å². The van der Waals surface area contributed by atoms with Crippen molar-refractivity contribution in [2.45, 2.75) is 45.6 Å². The highest BCUT2D eigenvalue weighted by Gasteiger charge is 2.10. The monoisotopic (exact) mass is 264 g/mol. The molecular formula is C16H24O3. The highest BCUT2D eigenvalue weighted by Crippen LogP contribution is 2.12. The number of hydrogen-bond acceptors (Lipinski definition) is 3. The lowest BCUT2D eigenvalue weighted by Gasteiger charge is -2.08. The summed E-state index contributed by atoms with van der Waals surface area (Å²) in [4.78, 5) is 11.6. The van der Waals surface area contributed by atoms with Gasteiger partial charge in [0.2, 0.25) is 0 Å². The Bertz CT molecular complexity index is 374. The van der Waals surface area contributed by atoms with Crippen molar-refractivity contribution < 1.29 is 14.3 Å². The van der Waals surface area contributed by atoms with E-state index < -0.39 is 0 Å². The Morgan fingerprint density at radius 2 is 1.84 bits per heavy atom. The van der Waals surface area contributed by atoms with Gasteiger partial charge < -0.3 is 9.47 Å². The van der Waals surface area contributed by atoms with Crippen LogP contribution < -0.4 is 0 Å². The van der Waals surface area contributed by atoms with Crippen LogP contribution in [0.5, 0.6) is 0 Å². The molecule has 0 saturated heterocycles. The van der Waals surface area contributed by atoms with Gasteiger partial charge in [-0.25, -0.2) is 4.79 Å². The van der Waals surface area contributed by atoms with E-state index in [0.717, 1.165) is 18.6 Å². The summed E-state index contributed by atoms with van der Waals surface area (Å²) in [5, 5.41) is 0. The van der Waals surface area contributed by atoms with Crippen LogP contribution in [-0.4, -0.2) is 19.7 Å². The van der Waals surface area contributed by atoms with Crippen molar-refractivity contribution >= 4 is 5.97 Å². The Morgan fingerprint density at radius 3 is 2.58 bits per heavy atom. The number of carbonyl (C=O) groups is 1. The minimum Gasteiger partial charge on any atom is -0.465 e. The molecule has 0 amide bonds. The van der Waals surface area contributed by atoms with Gasteiger partial charge in [-0.3, -0.25) is 0 Å². The van der Waals surface area contributed by atoms with Gasteiger partial charge in [-0.1, -0.05) is 50.8 Å². The van der Waals surface area contributed by atoms with E-state index in [1.807, 2.05) is 18.2 Å². The summed E-state index contributed by atoms with van der Waals surface area (Å²) >= 11 is 0. The molecule has 3 heteroatoms. The van der Waals surface area contributed by atoms with E-state index in [4.69, 9.17) is 9.47 Å². The maximum absolute atomic E-state index is 11.6. The second-order valence-corrected chi connectivity index (χ2v) is 4.62. The summed E-state index contributed by atoms with van der Waals surface area (Å²) in [6.07, 6.45) is 6.13. The average Bonchev–Trinajstić information content (AvgIpc) is 2.46.